The molecule has 110 valence electrons. The Bertz CT molecular complexity index is 726. The molecule has 5 heteroatoms. The van der Waals surface area contributed by atoms with Crippen LogP contribution in [0.25, 0.3) is 10.9 Å². The van der Waals surface area contributed by atoms with Crippen LogP contribution < -0.4 is 0 Å². The molecule has 0 aliphatic carbocycles. The lowest BCUT2D eigenvalue weighted by atomic mass is 10.1. The van der Waals surface area contributed by atoms with E-state index in [4.69, 9.17) is 16.8 Å². The number of hydrogen-bond acceptors (Lipinski definition) is 3. The van der Waals surface area contributed by atoms with Crippen LogP contribution in [0.3, 0.4) is 0 Å². The van der Waals surface area contributed by atoms with Gasteiger partial charge in [0.15, 0.2) is 5.69 Å². The van der Waals surface area contributed by atoms with Crippen molar-refractivity contribution in [2.45, 2.75) is 12.8 Å². The first-order valence-electron chi connectivity index (χ1n) is 6.64. The quantitative estimate of drug-likeness (QED) is 0.503. The van der Waals surface area contributed by atoms with Gasteiger partial charge >= 0.3 is 5.97 Å². The summed E-state index contributed by atoms with van der Waals surface area (Å²) in [5.74, 6) is -2.12. The predicted octanol–water partition coefficient (Wildman–Crippen LogP) is 3.40. The van der Waals surface area contributed by atoms with Crippen LogP contribution in [0.15, 0.2) is 48.4 Å². The smallest absolute Gasteiger partial charge is 0.371 e. The first-order chi connectivity index (χ1) is 10.6. The average molecular weight is 294 g/mol. The van der Waals surface area contributed by atoms with Gasteiger partial charge in [-0.05, 0) is 24.5 Å². The zero-order chi connectivity index (χ0) is 15.9. The van der Waals surface area contributed by atoms with Crippen molar-refractivity contribution in [3.8, 4) is 0 Å². The molecule has 2 rings (SSSR count). The fourth-order valence-corrected chi connectivity index (χ4v) is 1.90. The van der Waals surface area contributed by atoms with Gasteiger partial charge in [-0.2, -0.15) is 0 Å². The van der Waals surface area contributed by atoms with E-state index < -0.39 is 11.7 Å². The van der Waals surface area contributed by atoms with Crippen LogP contribution in [0.5, 0.6) is 0 Å². The summed E-state index contributed by atoms with van der Waals surface area (Å²) in [5, 5.41) is 17.7. The number of hydrogen-bond donors (Lipinski definition) is 2. The molecule has 0 atom stereocenters. The van der Waals surface area contributed by atoms with Crippen molar-refractivity contribution in [3.63, 3.8) is 0 Å². The summed E-state index contributed by atoms with van der Waals surface area (Å²) in [4.78, 5) is 18.0. The van der Waals surface area contributed by atoms with Crippen molar-refractivity contribution >= 4 is 17.7 Å². The monoisotopic (exact) mass is 294 g/mol. The SMILES string of the molecule is [C-]#[N+]c1ccc(CCc2ccc(/C=C(\O)C(=O)O)nc2)cc1. The predicted molar refractivity (Wildman–Crippen MR) is 82.6 cm³/mol. The van der Waals surface area contributed by atoms with Gasteiger partial charge in [-0.15, -0.1) is 0 Å². The topological polar surface area (TPSA) is 74.8 Å². The molecular formula is C17H14N2O3. The first-order valence-corrected chi connectivity index (χ1v) is 6.64. The molecule has 0 saturated carbocycles. The number of rotatable bonds is 5. The highest BCUT2D eigenvalue weighted by Crippen LogP contribution is 2.14. The molecule has 0 fully saturated rings. The Hall–Kier alpha value is -3.13. The lowest BCUT2D eigenvalue weighted by Gasteiger charge is -2.03. The van der Waals surface area contributed by atoms with E-state index >= 15 is 0 Å². The Morgan fingerprint density at radius 1 is 1.09 bits per heavy atom. The van der Waals surface area contributed by atoms with Crippen LogP contribution in [0.4, 0.5) is 5.69 Å². The number of carboxylic acid groups (broad SMARTS) is 1. The van der Waals surface area contributed by atoms with Gasteiger partial charge in [0.05, 0.1) is 12.3 Å². The van der Waals surface area contributed by atoms with E-state index in [1.54, 1.807) is 24.4 Å². The highest BCUT2D eigenvalue weighted by Gasteiger charge is 2.04. The number of carboxylic acids is 1. The van der Waals surface area contributed by atoms with Gasteiger partial charge in [-0.3, -0.25) is 4.98 Å². The molecule has 0 bridgehead atoms. The van der Waals surface area contributed by atoms with E-state index in [9.17, 15) is 4.79 Å². The normalized spacial score (nSPS) is 11.0. The van der Waals surface area contributed by atoms with Crippen molar-refractivity contribution in [3.05, 3.63) is 76.6 Å². The van der Waals surface area contributed by atoms with Crippen LogP contribution in [-0.4, -0.2) is 21.2 Å². The lowest BCUT2D eigenvalue weighted by molar-refractivity contribution is -0.135. The van der Waals surface area contributed by atoms with E-state index in [2.05, 4.69) is 9.83 Å². The molecular weight excluding hydrogens is 280 g/mol. The number of carbonyl (C=O) groups is 1. The Kier molecular flexibility index (Phi) is 4.89. The van der Waals surface area contributed by atoms with E-state index in [1.807, 2.05) is 18.2 Å². The third-order valence-corrected chi connectivity index (χ3v) is 3.12. The van der Waals surface area contributed by atoms with Crippen LogP contribution in [0, 0.1) is 6.57 Å². The highest BCUT2D eigenvalue weighted by atomic mass is 16.4. The summed E-state index contributed by atoms with van der Waals surface area (Å²) in [6.07, 6.45) is 4.39. The summed E-state index contributed by atoms with van der Waals surface area (Å²) in [6, 6.07) is 11.0. The molecule has 22 heavy (non-hydrogen) atoms. The molecule has 2 aromatic rings. The van der Waals surface area contributed by atoms with Crippen LogP contribution >= 0.6 is 0 Å². The molecule has 0 amide bonds. The molecule has 1 aromatic heterocycles. The van der Waals surface area contributed by atoms with Gasteiger partial charge in [0, 0.05) is 12.3 Å². The van der Waals surface area contributed by atoms with Gasteiger partial charge in [0.25, 0.3) is 0 Å². The van der Waals surface area contributed by atoms with Crippen molar-refractivity contribution in [1.29, 1.82) is 0 Å². The first kappa shape index (κ1) is 15.3. The van der Waals surface area contributed by atoms with Gasteiger partial charge in [0.2, 0.25) is 5.76 Å². The fraction of sp³-hybridized carbons (Fsp3) is 0.118. The Labute approximate surface area is 128 Å². The van der Waals surface area contributed by atoms with E-state index in [0.717, 1.165) is 30.0 Å². The number of aliphatic carboxylic acids is 1. The Morgan fingerprint density at radius 2 is 1.73 bits per heavy atom. The van der Waals surface area contributed by atoms with Crippen LogP contribution in [0.2, 0.25) is 0 Å². The van der Waals surface area contributed by atoms with Crippen LogP contribution in [0.1, 0.15) is 16.8 Å². The third-order valence-electron chi connectivity index (χ3n) is 3.12. The molecule has 0 spiro atoms. The molecule has 1 heterocycles. The standard InChI is InChI=1S/C17H14N2O3/c1-18-14-7-4-12(5-8-14)2-3-13-6-9-15(19-11-13)10-16(20)17(21)22/h4-11,20H,2-3H2,(H,21,22)/b16-10-. The summed E-state index contributed by atoms with van der Waals surface area (Å²) in [6.45, 7) is 6.90. The van der Waals surface area contributed by atoms with E-state index in [0.29, 0.717) is 11.4 Å². The number of aliphatic hydroxyl groups excluding tert-OH is 1. The second-order valence-corrected chi connectivity index (χ2v) is 4.70. The molecule has 0 radical (unpaired) electrons. The maximum Gasteiger partial charge on any atom is 0.371 e. The number of aliphatic hydroxyl groups is 1. The Balaban J connectivity index is 1.98. The number of nitrogens with zero attached hydrogens (tertiary/aromatic N) is 2. The highest BCUT2D eigenvalue weighted by molar-refractivity contribution is 5.88. The van der Waals surface area contributed by atoms with Gasteiger partial charge in [-0.25, -0.2) is 9.64 Å². The minimum absolute atomic E-state index is 0.394. The fourth-order valence-electron chi connectivity index (χ4n) is 1.90. The molecule has 2 N–H and O–H groups in total. The zero-order valence-corrected chi connectivity index (χ0v) is 11.7. The minimum Gasteiger partial charge on any atom is -0.502 e. The van der Waals surface area contributed by atoms with Gasteiger partial charge < -0.3 is 10.2 Å². The van der Waals surface area contributed by atoms with Crippen molar-refractivity contribution in [1.82, 2.24) is 4.98 Å². The molecule has 1 aromatic carbocycles. The third kappa shape index (κ3) is 4.18. The number of aryl methyl sites for hydroxylation is 2. The number of aromatic nitrogens is 1. The zero-order valence-electron chi connectivity index (χ0n) is 11.7. The summed E-state index contributed by atoms with van der Waals surface area (Å²) < 4.78 is 0. The number of benzene rings is 1. The summed E-state index contributed by atoms with van der Waals surface area (Å²) in [7, 11) is 0. The van der Waals surface area contributed by atoms with Crippen molar-refractivity contribution < 1.29 is 15.0 Å². The van der Waals surface area contributed by atoms with E-state index in [1.165, 1.54) is 0 Å². The summed E-state index contributed by atoms with van der Waals surface area (Å²) in [5.41, 5.74) is 3.17. The molecule has 0 unspecified atom stereocenters. The lowest BCUT2D eigenvalue weighted by Crippen LogP contribution is -1.99. The maximum absolute atomic E-state index is 10.5. The van der Waals surface area contributed by atoms with Gasteiger partial charge in [-0.1, -0.05) is 35.9 Å². The second-order valence-electron chi connectivity index (χ2n) is 4.70. The maximum atomic E-state index is 10.5. The molecule has 0 saturated heterocycles. The summed E-state index contributed by atoms with van der Waals surface area (Å²) >= 11 is 0. The molecule has 0 aliphatic heterocycles. The van der Waals surface area contributed by atoms with E-state index in [-0.39, 0.29) is 0 Å². The molecule has 0 aliphatic rings. The largest absolute Gasteiger partial charge is 0.502 e. The average Bonchev–Trinajstić information content (AvgIpc) is 2.54. The van der Waals surface area contributed by atoms with Crippen molar-refractivity contribution in [2.75, 3.05) is 0 Å². The Morgan fingerprint density at radius 3 is 2.27 bits per heavy atom. The van der Waals surface area contributed by atoms with Crippen LogP contribution in [-0.2, 0) is 17.6 Å². The van der Waals surface area contributed by atoms with Crippen molar-refractivity contribution in [2.24, 2.45) is 0 Å². The molecule has 5 nitrogen and oxygen atoms in total. The minimum atomic E-state index is -1.38. The van der Waals surface area contributed by atoms with Gasteiger partial charge in [0.1, 0.15) is 0 Å². The number of pyridine rings is 1. The second kappa shape index (κ2) is 7.04.